The third-order valence-electron chi connectivity index (χ3n) is 1.92. The number of carbonyl (C=O) groups is 1. The molecule has 0 aliphatic rings. The molecule has 0 bridgehead atoms. The predicted octanol–water partition coefficient (Wildman–Crippen LogP) is 1.37. The zero-order valence-electron chi connectivity index (χ0n) is 9.82. The summed E-state index contributed by atoms with van der Waals surface area (Å²) in [5.74, 6) is -2.11. The largest absolute Gasteiger partial charge is 0.326 e. The second-order valence-corrected chi connectivity index (χ2v) is 3.72. The first-order valence-electron chi connectivity index (χ1n) is 5.30. The molecule has 0 unspecified atom stereocenters. The van der Waals surface area contributed by atoms with Crippen LogP contribution >= 0.6 is 0 Å². The Morgan fingerprint density at radius 1 is 1.50 bits per heavy atom. The Labute approximate surface area is 103 Å². The average Bonchev–Trinajstić information content (AvgIpc) is 2.27. The highest BCUT2D eigenvalue weighted by molar-refractivity contribution is 5.91. The van der Waals surface area contributed by atoms with Gasteiger partial charge in [-0.25, -0.2) is 14.3 Å². The number of nitrogens with one attached hydrogen (secondary N) is 1. The van der Waals surface area contributed by atoms with E-state index in [1.54, 1.807) is 6.92 Å². The molecular formula is C12H14F2N2O2. The van der Waals surface area contributed by atoms with E-state index in [0.29, 0.717) is 0 Å². The van der Waals surface area contributed by atoms with Gasteiger partial charge in [0.1, 0.15) is 11.6 Å². The van der Waals surface area contributed by atoms with Crippen LogP contribution < -0.4 is 11.2 Å². The summed E-state index contributed by atoms with van der Waals surface area (Å²) >= 11 is 0. The van der Waals surface area contributed by atoms with Crippen LogP contribution in [-0.2, 0) is 9.63 Å². The topological polar surface area (TPSA) is 64.3 Å². The first-order chi connectivity index (χ1) is 8.50. The number of amides is 1. The van der Waals surface area contributed by atoms with Gasteiger partial charge in [-0.15, -0.1) is 0 Å². The van der Waals surface area contributed by atoms with Gasteiger partial charge in [0.15, 0.2) is 0 Å². The summed E-state index contributed by atoms with van der Waals surface area (Å²) in [5, 5.41) is 0. The lowest BCUT2D eigenvalue weighted by Gasteiger charge is -2.05. The van der Waals surface area contributed by atoms with Gasteiger partial charge < -0.3 is 5.73 Å². The Hall–Kier alpha value is -1.79. The van der Waals surface area contributed by atoms with Crippen molar-refractivity contribution in [2.75, 3.05) is 6.61 Å². The summed E-state index contributed by atoms with van der Waals surface area (Å²) in [6.45, 7) is 1.85. The van der Waals surface area contributed by atoms with Gasteiger partial charge in [0, 0.05) is 17.7 Å². The zero-order chi connectivity index (χ0) is 13.5. The Bertz CT molecular complexity index is 427. The fourth-order valence-electron chi connectivity index (χ4n) is 1.11. The maximum absolute atomic E-state index is 13.2. The molecule has 6 heteroatoms. The number of carbonyl (C=O) groups excluding carboxylic acids is 1. The van der Waals surface area contributed by atoms with E-state index >= 15 is 0 Å². The van der Waals surface area contributed by atoms with Crippen molar-refractivity contribution in [2.45, 2.75) is 13.0 Å². The van der Waals surface area contributed by atoms with Gasteiger partial charge in [0.2, 0.25) is 0 Å². The number of nitrogens with two attached hydrogens (primary N) is 1. The van der Waals surface area contributed by atoms with Gasteiger partial charge in [-0.3, -0.25) is 9.63 Å². The fourth-order valence-corrected chi connectivity index (χ4v) is 1.11. The third kappa shape index (κ3) is 4.60. The summed E-state index contributed by atoms with van der Waals surface area (Å²) in [6.07, 6.45) is 2.01. The normalized spacial score (nSPS) is 12.7. The van der Waals surface area contributed by atoms with Crippen molar-refractivity contribution >= 4 is 12.0 Å². The summed E-state index contributed by atoms with van der Waals surface area (Å²) < 4.78 is 26.4. The third-order valence-corrected chi connectivity index (χ3v) is 1.92. The zero-order valence-corrected chi connectivity index (χ0v) is 9.82. The Kier molecular flexibility index (Phi) is 5.41. The molecule has 0 heterocycles. The molecule has 1 atom stereocenters. The molecule has 0 radical (unpaired) electrons. The highest BCUT2D eigenvalue weighted by atomic mass is 19.1. The van der Waals surface area contributed by atoms with Crippen LogP contribution in [-0.4, -0.2) is 18.6 Å². The molecule has 0 aliphatic carbocycles. The van der Waals surface area contributed by atoms with Crippen LogP contribution in [0.4, 0.5) is 8.78 Å². The number of hydroxylamine groups is 1. The van der Waals surface area contributed by atoms with Gasteiger partial charge in [-0.05, 0) is 25.1 Å². The van der Waals surface area contributed by atoms with E-state index in [1.165, 1.54) is 6.07 Å². The van der Waals surface area contributed by atoms with Crippen LogP contribution in [0.1, 0.15) is 12.5 Å². The number of hydrogen-bond donors (Lipinski definition) is 2. The highest BCUT2D eigenvalue weighted by Crippen LogP contribution is 2.13. The van der Waals surface area contributed by atoms with Crippen molar-refractivity contribution in [3.8, 4) is 0 Å². The van der Waals surface area contributed by atoms with E-state index in [2.05, 4.69) is 5.48 Å². The second-order valence-electron chi connectivity index (χ2n) is 3.72. The molecule has 3 N–H and O–H groups in total. The highest BCUT2D eigenvalue weighted by Gasteiger charge is 2.05. The van der Waals surface area contributed by atoms with Crippen molar-refractivity contribution in [1.82, 2.24) is 5.48 Å². The molecule has 0 saturated heterocycles. The van der Waals surface area contributed by atoms with E-state index in [4.69, 9.17) is 10.6 Å². The minimum absolute atomic E-state index is 0.146. The Morgan fingerprint density at radius 2 is 2.11 bits per heavy atom. The van der Waals surface area contributed by atoms with E-state index < -0.39 is 17.5 Å². The molecule has 4 nitrogen and oxygen atoms in total. The smallest absolute Gasteiger partial charge is 0.267 e. The van der Waals surface area contributed by atoms with Crippen LogP contribution in [0.2, 0.25) is 0 Å². The molecule has 1 amide bonds. The van der Waals surface area contributed by atoms with Gasteiger partial charge in [-0.2, -0.15) is 0 Å². The SMILES string of the molecule is C[C@@H](N)CONC(=O)/C=C/c1c(F)cccc1F. The van der Waals surface area contributed by atoms with Crippen LogP contribution in [0.5, 0.6) is 0 Å². The van der Waals surface area contributed by atoms with Crippen molar-refractivity contribution in [1.29, 1.82) is 0 Å². The minimum atomic E-state index is -0.740. The van der Waals surface area contributed by atoms with Crippen LogP contribution in [0.15, 0.2) is 24.3 Å². The Balaban J connectivity index is 2.56. The number of hydrogen-bond acceptors (Lipinski definition) is 3. The molecular weight excluding hydrogens is 242 g/mol. The van der Waals surface area contributed by atoms with E-state index in [0.717, 1.165) is 24.3 Å². The lowest BCUT2D eigenvalue weighted by molar-refractivity contribution is -0.128. The van der Waals surface area contributed by atoms with Crippen LogP contribution in [0.3, 0.4) is 0 Å². The van der Waals surface area contributed by atoms with Crippen molar-refractivity contribution in [2.24, 2.45) is 5.73 Å². The average molecular weight is 256 g/mol. The molecule has 98 valence electrons. The molecule has 1 aromatic rings. The van der Waals surface area contributed by atoms with Gasteiger partial charge in [0.25, 0.3) is 5.91 Å². The number of benzene rings is 1. The molecule has 18 heavy (non-hydrogen) atoms. The van der Waals surface area contributed by atoms with Crippen molar-refractivity contribution in [3.63, 3.8) is 0 Å². The molecule has 1 aromatic carbocycles. The standard InChI is InChI=1S/C12H14F2N2O2/c1-8(15)7-18-16-12(17)6-5-9-10(13)3-2-4-11(9)14/h2-6,8H,7,15H2,1H3,(H,16,17)/b6-5+/t8-/m1/s1. The van der Waals surface area contributed by atoms with Gasteiger partial charge >= 0.3 is 0 Å². The van der Waals surface area contributed by atoms with Gasteiger partial charge in [0.05, 0.1) is 6.61 Å². The van der Waals surface area contributed by atoms with Crippen molar-refractivity contribution in [3.05, 3.63) is 41.5 Å². The molecule has 0 fully saturated rings. The maximum atomic E-state index is 13.2. The maximum Gasteiger partial charge on any atom is 0.267 e. The summed E-state index contributed by atoms with van der Waals surface area (Å²) in [7, 11) is 0. The van der Waals surface area contributed by atoms with Crippen LogP contribution in [0.25, 0.3) is 6.08 Å². The number of rotatable bonds is 5. The number of halogens is 2. The summed E-state index contributed by atoms with van der Waals surface area (Å²) in [4.78, 5) is 16.0. The van der Waals surface area contributed by atoms with Crippen LogP contribution in [0, 0.1) is 11.6 Å². The van der Waals surface area contributed by atoms with E-state index in [9.17, 15) is 13.6 Å². The predicted molar refractivity (Wildman–Crippen MR) is 63.1 cm³/mol. The lowest BCUT2D eigenvalue weighted by atomic mass is 10.2. The summed E-state index contributed by atoms with van der Waals surface area (Å²) in [6, 6.07) is 3.23. The molecule has 0 aliphatic heterocycles. The second kappa shape index (κ2) is 6.83. The summed E-state index contributed by atoms with van der Waals surface area (Å²) in [5.41, 5.74) is 7.18. The fraction of sp³-hybridized carbons (Fsp3) is 0.250. The minimum Gasteiger partial charge on any atom is -0.326 e. The molecule has 1 rings (SSSR count). The molecule has 0 aromatic heterocycles. The van der Waals surface area contributed by atoms with Gasteiger partial charge in [-0.1, -0.05) is 6.07 Å². The monoisotopic (exact) mass is 256 g/mol. The first-order valence-corrected chi connectivity index (χ1v) is 5.30. The first kappa shape index (κ1) is 14.3. The molecule has 0 saturated carbocycles. The lowest BCUT2D eigenvalue weighted by Crippen LogP contribution is -2.29. The van der Waals surface area contributed by atoms with Crippen molar-refractivity contribution < 1.29 is 18.4 Å². The van der Waals surface area contributed by atoms with E-state index in [-0.39, 0.29) is 18.2 Å². The quantitative estimate of drug-likeness (QED) is 0.618. The van der Waals surface area contributed by atoms with E-state index in [1.807, 2.05) is 0 Å². The molecule has 0 spiro atoms. The Morgan fingerprint density at radius 3 is 2.67 bits per heavy atom.